The third-order valence-electron chi connectivity index (χ3n) is 5.12. The molecule has 0 bridgehead atoms. The Morgan fingerprint density at radius 3 is 2.58 bits per heavy atom. The standard InChI is InChI=1S/C16H27N5O2S.2ClH/c1-2-13-18-15(24-19-13)21-7-3-6-20(8-9-21)14(22)16(12-17)4-10-23-11-5-16;;/h2-12,17H2,1H3;2*1H. The molecule has 7 nitrogen and oxygen atoms in total. The van der Waals surface area contributed by atoms with E-state index in [2.05, 4.69) is 21.2 Å². The molecule has 26 heavy (non-hydrogen) atoms. The van der Waals surface area contributed by atoms with E-state index in [1.54, 1.807) is 0 Å². The smallest absolute Gasteiger partial charge is 0.230 e. The van der Waals surface area contributed by atoms with Gasteiger partial charge in [-0.25, -0.2) is 4.98 Å². The van der Waals surface area contributed by atoms with Gasteiger partial charge in [-0.1, -0.05) is 6.92 Å². The minimum Gasteiger partial charge on any atom is -0.381 e. The van der Waals surface area contributed by atoms with Gasteiger partial charge in [-0.3, -0.25) is 4.79 Å². The first-order valence-corrected chi connectivity index (χ1v) is 9.60. The molecule has 1 amide bonds. The Hall–Kier alpha value is -0.670. The van der Waals surface area contributed by atoms with Crippen LogP contribution in [0.25, 0.3) is 0 Å². The summed E-state index contributed by atoms with van der Waals surface area (Å²) in [6, 6.07) is 0. The molecule has 2 fully saturated rings. The third-order valence-corrected chi connectivity index (χ3v) is 5.94. The second-order valence-corrected chi connectivity index (χ2v) is 7.31. The lowest BCUT2D eigenvalue weighted by Crippen LogP contribution is -2.51. The van der Waals surface area contributed by atoms with Gasteiger partial charge in [0.25, 0.3) is 0 Å². The van der Waals surface area contributed by atoms with Crippen molar-refractivity contribution in [3.8, 4) is 0 Å². The molecule has 0 saturated carbocycles. The van der Waals surface area contributed by atoms with Crippen LogP contribution in [0.5, 0.6) is 0 Å². The number of halogens is 2. The first-order valence-electron chi connectivity index (χ1n) is 8.83. The molecule has 0 unspecified atom stereocenters. The zero-order valence-corrected chi connectivity index (χ0v) is 17.6. The number of ether oxygens (including phenoxy) is 1. The van der Waals surface area contributed by atoms with Crippen LogP contribution in [0.15, 0.2) is 0 Å². The van der Waals surface area contributed by atoms with Gasteiger partial charge >= 0.3 is 0 Å². The maximum atomic E-state index is 13.1. The van der Waals surface area contributed by atoms with Gasteiger partial charge in [0.1, 0.15) is 5.82 Å². The number of nitrogens with zero attached hydrogens (tertiary/aromatic N) is 4. The summed E-state index contributed by atoms with van der Waals surface area (Å²) in [6.07, 6.45) is 3.28. The molecule has 2 aliphatic rings. The van der Waals surface area contributed by atoms with Crippen molar-refractivity contribution < 1.29 is 9.53 Å². The second kappa shape index (κ2) is 10.6. The number of carbonyl (C=O) groups is 1. The Kier molecular flexibility index (Phi) is 9.54. The van der Waals surface area contributed by atoms with E-state index in [1.165, 1.54) is 11.5 Å². The summed E-state index contributed by atoms with van der Waals surface area (Å²) in [5.74, 6) is 1.11. The van der Waals surface area contributed by atoms with Crippen LogP contribution in [0, 0.1) is 5.41 Å². The third kappa shape index (κ3) is 4.98. The number of carbonyl (C=O) groups excluding carboxylic acids is 1. The topological polar surface area (TPSA) is 84.6 Å². The highest BCUT2D eigenvalue weighted by molar-refractivity contribution is 7.09. The van der Waals surface area contributed by atoms with Gasteiger partial charge in [0.2, 0.25) is 11.0 Å². The van der Waals surface area contributed by atoms with Gasteiger partial charge in [-0.05, 0) is 19.3 Å². The highest BCUT2D eigenvalue weighted by Crippen LogP contribution is 2.32. The minimum atomic E-state index is -0.425. The van der Waals surface area contributed by atoms with E-state index in [4.69, 9.17) is 10.5 Å². The number of amides is 1. The molecule has 1 aromatic heterocycles. The Morgan fingerprint density at radius 1 is 1.23 bits per heavy atom. The van der Waals surface area contributed by atoms with Crippen LogP contribution in [0.4, 0.5) is 5.13 Å². The highest BCUT2D eigenvalue weighted by Gasteiger charge is 2.41. The van der Waals surface area contributed by atoms with Crippen molar-refractivity contribution in [2.24, 2.45) is 11.1 Å². The fourth-order valence-corrected chi connectivity index (χ4v) is 4.23. The molecular weight excluding hydrogens is 397 g/mol. The molecule has 0 radical (unpaired) electrons. The number of rotatable bonds is 4. The van der Waals surface area contributed by atoms with E-state index in [9.17, 15) is 4.79 Å². The second-order valence-electron chi connectivity index (χ2n) is 6.58. The van der Waals surface area contributed by atoms with Gasteiger partial charge in [0.05, 0.1) is 5.41 Å². The average molecular weight is 426 g/mol. The van der Waals surface area contributed by atoms with Crippen LogP contribution < -0.4 is 10.6 Å². The Labute approximate surface area is 171 Å². The zero-order chi connectivity index (χ0) is 17.0. The van der Waals surface area contributed by atoms with Crippen LogP contribution in [-0.4, -0.2) is 66.1 Å². The molecule has 2 N–H and O–H groups in total. The molecule has 3 heterocycles. The number of aryl methyl sites for hydroxylation is 1. The summed E-state index contributed by atoms with van der Waals surface area (Å²) >= 11 is 1.46. The van der Waals surface area contributed by atoms with E-state index >= 15 is 0 Å². The maximum absolute atomic E-state index is 13.1. The monoisotopic (exact) mass is 425 g/mol. The first-order chi connectivity index (χ1) is 11.7. The van der Waals surface area contributed by atoms with Crippen LogP contribution in [0.3, 0.4) is 0 Å². The molecule has 0 aromatic carbocycles. The van der Waals surface area contributed by atoms with Gasteiger partial charge in [-0.15, -0.1) is 24.8 Å². The quantitative estimate of drug-likeness (QED) is 0.790. The molecule has 3 rings (SSSR count). The minimum absolute atomic E-state index is 0. The van der Waals surface area contributed by atoms with Crippen LogP contribution in [-0.2, 0) is 16.0 Å². The van der Waals surface area contributed by atoms with Gasteiger partial charge < -0.3 is 20.3 Å². The molecule has 0 aliphatic carbocycles. The molecule has 2 aliphatic heterocycles. The van der Waals surface area contributed by atoms with Crippen molar-refractivity contribution in [2.45, 2.75) is 32.6 Å². The predicted octanol–water partition coefficient (Wildman–Crippen LogP) is 1.74. The molecule has 0 atom stereocenters. The first kappa shape index (κ1) is 23.4. The van der Waals surface area contributed by atoms with E-state index in [0.717, 1.165) is 62.8 Å². The normalized spacial score (nSPS) is 19.9. The van der Waals surface area contributed by atoms with E-state index < -0.39 is 5.41 Å². The Bertz CT molecular complexity index is 569. The maximum Gasteiger partial charge on any atom is 0.230 e. The summed E-state index contributed by atoms with van der Waals surface area (Å²) in [5, 5.41) is 0.973. The molecule has 0 spiro atoms. The molecule has 10 heteroatoms. The van der Waals surface area contributed by atoms with Crippen molar-refractivity contribution in [3.05, 3.63) is 5.82 Å². The molecular formula is C16H29Cl2N5O2S. The van der Waals surface area contributed by atoms with Crippen molar-refractivity contribution in [1.29, 1.82) is 0 Å². The highest BCUT2D eigenvalue weighted by atomic mass is 35.5. The van der Waals surface area contributed by atoms with Crippen molar-refractivity contribution in [2.75, 3.05) is 50.8 Å². The summed E-state index contributed by atoms with van der Waals surface area (Å²) < 4.78 is 9.80. The Morgan fingerprint density at radius 2 is 1.96 bits per heavy atom. The SMILES string of the molecule is CCc1nsc(N2CCCN(C(=O)C3(CN)CCOCC3)CC2)n1.Cl.Cl. The van der Waals surface area contributed by atoms with E-state index in [1.807, 2.05) is 4.90 Å². The van der Waals surface area contributed by atoms with E-state index in [-0.39, 0.29) is 30.7 Å². The average Bonchev–Trinajstić information content (AvgIpc) is 2.98. The fraction of sp³-hybridized carbons (Fsp3) is 0.812. The lowest BCUT2D eigenvalue weighted by Gasteiger charge is -2.38. The van der Waals surface area contributed by atoms with Crippen LogP contribution in [0.2, 0.25) is 0 Å². The molecule has 2 saturated heterocycles. The lowest BCUT2D eigenvalue weighted by atomic mass is 9.79. The fourth-order valence-electron chi connectivity index (χ4n) is 3.43. The number of aromatic nitrogens is 2. The largest absolute Gasteiger partial charge is 0.381 e. The predicted molar refractivity (Wildman–Crippen MR) is 109 cm³/mol. The lowest BCUT2D eigenvalue weighted by molar-refractivity contribution is -0.147. The van der Waals surface area contributed by atoms with Crippen molar-refractivity contribution in [1.82, 2.24) is 14.3 Å². The molecule has 1 aromatic rings. The zero-order valence-electron chi connectivity index (χ0n) is 15.2. The van der Waals surface area contributed by atoms with Crippen molar-refractivity contribution >= 4 is 47.4 Å². The summed E-state index contributed by atoms with van der Waals surface area (Å²) in [6.45, 7) is 6.98. The summed E-state index contributed by atoms with van der Waals surface area (Å²) in [7, 11) is 0. The van der Waals surface area contributed by atoms with Gasteiger partial charge in [-0.2, -0.15) is 4.37 Å². The number of hydrogen-bond donors (Lipinski definition) is 1. The van der Waals surface area contributed by atoms with Crippen molar-refractivity contribution in [3.63, 3.8) is 0 Å². The molecule has 150 valence electrons. The number of nitrogens with two attached hydrogens (primary N) is 1. The van der Waals surface area contributed by atoms with Crippen LogP contribution >= 0.6 is 36.3 Å². The summed E-state index contributed by atoms with van der Waals surface area (Å²) in [5.41, 5.74) is 5.57. The van der Waals surface area contributed by atoms with Gasteiger partial charge in [0.15, 0.2) is 0 Å². The van der Waals surface area contributed by atoms with Gasteiger partial charge in [0, 0.05) is 63.9 Å². The summed E-state index contributed by atoms with van der Waals surface area (Å²) in [4.78, 5) is 21.9. The number of hydrogen-bond acceptors (Lipinski definition) is 7. The van der Waals surface area contributed by atoms with Crippen LogP contribution in [0.1, 0.15) is 32.0 Å². The Balaban J connectivity index is 0.00000169. The number of anilines is 1. The van der Waals surface area contributed by atoms with E-state index in [0.29, 0.717) is 19.8 Å².